The molecule has 4 nitrogen and oxygen atoms in total. The van der Waals surface area contributed by atoms with Crippen molar-refractivity contribution in [3.63, 3.8) is 0 Å². The molecule has 1 rings (SSSR count). The summed E-state index contributed by atoms with van der Waals surface area (Å²) in [7, 11) is -3.23. The zero-order valence-electron chi connectivity index (χ0n) is 9.24. The molecule has 1 aliphatic rings. The Bertz CT molecular complexity index is 294. The Labute approximate surface area is 90.9 Å². The third-order valence-electron chi connectivity index (χ3n) is 2.76. The van der Waals surface area contributed by atoms with Crippen LogP contribution in [0.15, 0.2) is 0 Å². The van der Waals surface area contributed by atoms with Crippen molar-refractivity contribution < 1.29 is 12.8 Å². The third kappa shape index (κ3) is 3.70. The highest BCUT2D eigenvalue weighted by Gasteiger charge is 2.32. The highest BCUT2D eigenvalue weighted by atomic mass is 32.2. The molecule has 2 unspecified atom stereocenters. The molecule has 0 spiro atoms. The minimum absolute atomic E-state index is 0.00882. The lowest BCUT2D eigenvalue weighted by atomic mass is 9.96. The molecule has 0 aromatic rings. The second kappa shape index (κ2) is 5.23. The van der Waals surface area contributed by atoms with E-state index in [-0.39, 0.29) is 12.5 Å². The lowest BCUT2D eigenvalue weighted by molar-refractivity contribution is 0.132. The highest BCUT2D eigenvalue weighted by molar-refractivity contribution is 7.88. The molecule has 1 aliphatic heterocycles. The van der Waals surface area contributed by atoms with Gasteiger partial charge in [-0.1, -0.05) is 6.92 Å². The molecule has 15 heavy (non-hydrogen) atoms. The predicted molar refractivity (Wildman–Crippen MR) is 58.0 cm³/mol. The molecule has 0 aromatic carbocycles. The molecule has 0 aromatic heterocycles. The quantitative estimate of drug-likeness (QED) is 0.762. The van der Waals surface area contributed by atoms with Crippen molar-refractivity contribution in [3.8, 4) is 0 Å². The fourth-order valence-electron chi connectivity index (χ4n) is 1.79. The van der Waals surface area contributed by atoms with Crippen LogP contribution in [0.25, 0.3) is 0 Å². The normalized spacial score (nSPS) is 29.3. The molecule has 0 amide bonds. The van der Waals surface area contributed by atoms with Gasteiger partial charge in [-0.3, -0.25) is 0 Å². The lowest BCUT2D eigenvalue weighted by Crippen LogP contribution is -2.47. The van der Waals surface area contributed by atoms with Crippen molar-refractivity contribution in [3.05, 3.63) is 0 Å². The number of nitrogens with zero attached hydrogens (tertiary/aromatic N) is 1. The molecular formula is C9H19FN2O2S. The average molecular weight is 238 g/mol. The van der Waals surface area contributed by atoms with Crippen molar-refractivity contribution in [2.45, 2.75) is 19.5 Å². The van der Waals surface area contributed by atoms with Crippen molar-refractivity contribution in [2.75, 3.05) is 32.4 Å². The van der Waals surface area contributed by atoms with Crippen LogP contribution in [-0.2, 0) is 10.0 Å². The Hall–Kier alpha value is -0.200. The van der Waals surface area contributed by atoms with E-state index in [0.29, 0.717) is 19.5 Å². The minimum Gasteiger partial charge on any atom is -0.317 e. The Balaban J connectivity index is 2.48. The van der Waals surface area contributed by atoms with Gasteiger partial charge in [-0.05, 0) is 13.0 Å². The lowest BCUT2D eigenvalue weighted by Gasteiger charge is -2.33. The predicted octanol–water partition coefficient (Wildman–Crippen LogP) is 0.216. The zero-order chi connectivity index (χ0) is 11.5. The number of piperidine rings is 1. The largest absolute Gasteiger partial charge is 0.317 e. The van der Waals surface area contributed by atoms with E-state index in [1.807, 2.05) is 6.92 Å². The minimum atomic E-state index is -3.23. The van der Waals surface area contributed by atoms with Gasteiger partial charge in [0.2, 0.25) is 10.0 Å². The monoisotopic (exact) mass is 238 g/mol. The second-order valence-corrected chi connectivity index (χ2v) is 5.98. The van der Waals surface area contributed by atoms with Crippen LogP contribution in [0.5, 0.6) is 0 Å². The molecular weight excluding hydrogens is 219 g/mol. The average Bonchev–Trinajstić information content (AvgIpc) is 2.14. The number of nitrogens with one attached hydrogen (secondary N) is 1. The van der Waals surface area contributed by atoms with Crippen molar-refractivity contribution >= 4 is 10.0 Å². The molecule has 1 fully saturated rings. The first kappa shape index (κ1) is 12.9. The first-order valence-corrected chi connectivity index (χ1v) is 7.10. The molecule has 1 N–H and O–H groups in total. The Morgan fingerprint density at radius 3 is 2.67 bits per heavy atom. The fraction of sp³-hybridized carbons (Fsp3) is 1.00. The molecule has 2 atom stereocenters. The van der Waals surface area contributed by atoms with Crippen LogP contribution in [0.3, 0.4) is 0 Å². The SMILES string of the molecule is CCNCC1CCN(S(C)(=O)=O)CC1F. The number of hydrogen-bond acceptors (Lipinski definition) is 3. The molecule has 0 bridgehead atoms. The molecule has 6 heteroatoms. The summed E-state index contributed by atoms with van der Waals surface area (Å²) in [6, 6.07) is 0. The van der Waals surface area contributed by atoms with E-state index < -0.39 is 16.2 Å². The number of rotatable bonds is 4. The van der Waals surface area contributed by atoms with Crippen LogP contribution in [-0.4, -0.2) is 51.3 Å². The topological polar surface area (TPSA) is 49.4 Å². The van der Waals surface area contributed by atoms with Crippen LogP contribution in [0.2, 0.25) is 0 Å². The number of hydrogen-bond donors (Lipinski definition) is 1. The third-order valence-corrected chi connectivity index (χ3v) is 4.03. The van der Waals surface area contributed by atoms with Gasteiger partial charge in [-0.15, -0.1) is 0 Å². The Kier molecular flexibility index (Phi) is 4.48. The maximum absolute atomic E-state index is 13.6. The van der Waals surface area contributed by atoms with E-state index in [2.05, 4.69) is 5.32 Å². The molecule has 0 saturated carbocycles. The standard InChI is InChI=1S/C9H19FN2O2S/c1-3-11-6-8-4-5-12(7-9(8)10)15(2,13)14/h8-9,11H,3-7H2,1-2H3. The van der Waals surface area contributed by atoms with E-state index in [1.165, 1.54) is 4.31 Å². The number of alkyl halides is 1. The van der Waals surface area contributed by atoms with Crippen LogP contribution in [0.1, 0.15) is 13.3 Å². The fourth-order valence-corrected chi connectivity index (χ4v) is 2.64. The molecule has 1 saturated heterocycles. The van der Waals surface area contributed by atoms with Gasteiger partial charge in [0.15, 0.2) is 0 Å². The van der Waals surface area contributed by atoms with Gasteiger partial charge < -0.3 is 5.32 Å². The van der Waals surface area contributed by atoms with Gasteiger partial charge in [0.25, 0.3) is 0 Å². The summed E-state index contributed by atoms with van der Waals surface area (Å²) < 4.78 is 37.2. The van der Waals surface area contributed by atoms with Gasteiger partial charge in [0.1, 0.15) is 6.17 Å². The first-order chi connectivity index (χ1) is 6.95. The summed E-state index contributed by atoms with van der Waals surface area (Å²) in [5.74, 6) is -0.0528. The van der Waals surface area contributed by atoms with E-state index >= 15 is 0 Å². The molecule has 1 heterocycles. The van der Waals surface area contributed by atoms with Gasteiger partial charge in [-0.2, -0.15) is 4.31 Å². The van der Waals surface area contributed by atoms with Gasteiger partial charge >= 0.3 is 0 Å². The van der Waals surface area contributed by atoms with E-state index in [9.17, 15) is 12.8 Å². The maximum Gasteiger partial charge on any atom is 0.211 e. The highest BCUT2D eigenvalue weighted by Crippen LogP contribution is 2.21. The van der Waals surface area contributed by atoms with Crippen molar-refractivity contribution in [1.82, 2.24) is 9.62 Å². The summed E-state index contributed by atoms with van der Waals surface area (Å²) in [4.78, 5) is 0. The zero-order valence-corrected chi connectivity index (χ0v) is 10.1. The van der Waals surface area contributed by atoms with Gasteiger partial charge in [0.05, 0.1) is 6.26 Å². The summed E-state index contributed by atoms with van der Waals surface area (Å²) >= 11 is 0. The smallest absolute Gasteiger partial charge is 0.211 e. The Morgan fingerprint density at radius 1 is 1.53 bits per heavy atom. The number of halogens is 1. The van der Waals surface area contributed by atoms with E-state index in [1.54, 1.807) is 0 Å². The molecule has 90 valence electrons. The summed E-state index contributed by atoms with van der Waals surface area (Å²) in [5, 5.41) is 3.09. The number of sulfonamides is 1. The maximum atomic E-state index is 13.6. The van der Waals surface area contributed by atoms with Crippen LogP contribution >= 0.6 is 0 Å². The van der Waals surface area contributed by atoms with Crippen LogP contribution < -0.4 is 5.32 Å². The molecule has 0 radical (unpaired) electrons. The summed E-state index contributed by atoms with van der Waals surface area (Å²) in [6.07, 6.45) is 0.679. The van der Waals surface area contributed by atoms with Crippen molar-refractivity contribution in [2.24, 2.45) is 5.92 Å². The van der Waals surface area contributed by atoms with Crippen LogP contribution in [0.4, 0.5) is 4.39 Å². The van der Waals surface area contributed by atoms with E-state index in [4.69, 9.17) is 0 Å². The van der Waals surface area contributed by atoms with Crippen LogP contribution in [0, 0.1) is 5.92 Å². The summed E-state index contributed by atoms with van der Waals surface area (Å²) in [5.41, 5.74) is 0. The van der Waals surface area contributed by atoms with Gasteiger partial charge in [0, 0.05) is 25.6 Å². The summed E-state index contributed by atoms with van der Waals surface area (Å²) in [6.45, 7) is 3.87. The second-order valence-electron chi connectivity index (χ2n) is 3.99. The van der Waals surface area contributed by atoms with Crippen molar-refractivity contribution in [1.29, 1.82) is 0 Å². The van der Waals surface area contributed by atoms with E-state index in [0.717, 1.165) is 12.8 Å². The first-order valence-electron chi connectivity index (χ1n) is 5.25. The Morgan fingerprint density at radius 2 is 2.20 bits per heavy atom. The molecule has 0 aliphatic carbocycles. The van der Waals surface area contributed by atoms with Gasteiger partial charge in [-0.25, -0.2) is 12.8 Å².